The zero-order valence-electron chi connectivity index (χ0n) is 22.2. The summed E-state index contributed by atoms with van der Waals surface area (Å²) in [6.07, 6.45) is 9.82. The first-order valence-corrected chi connectivity index (χ1v) is 15.6. The quantitative estimate of drug-likeness (QED) is 0.376. The summed E-state index contributed by atoms with van der Waals surface area (Å²) in [5.74, 6) is 2.51. The summed E-state index contributed by atoms with van der Waals surface area (Å²) >= 11 is 5.24. The van der Waals surface area contributed by atoms with Crippen LogP contribution in [0, 0.1) is 40.4 Å². The van der Waals surface area contributed by atoms with Crippen molar-refractivity contribution in [2.24, 2.45) is 40.4 Å². The van der Waals surface area contributed by atoms with E-state index in [1.165, 1.54) is 16.9 Å². The van der Waals surface area contributed by atoms with Crippen molar-refractivity contribution in [3.05, 3.63) is 32.4 Å². The van der Waals surface area contributed by atoms with Crippen LogP contribution >= 0.6 is 27.3 Å². The number of amides is 1. The first-order chi connectivity index (χ1) is 17.1. The molecule has 3 saturated carbocycles. The van der Waals surface area contributed by atoms with Gasteiger partial charge in [-0.1, -0.05) is 33.3 Å². The van der Waals surface area contributed by atoms with E-state index < -0.39 is 0 Å². The molecule has 3 fully saturated rings. The predicted octanol–water partition coefficient (Wildman–Crippen LogP) is 7.22. The van der Waals surface area contributed by atoms with Crippen molar-refractivity contribution in [3.63, 3.8) is 0 Å². The Hall–Kier alpha value is -0.980. The van der Waals surface area contributed by atoms with Gasteiger partial charge >= 0.3 is 0 Å². The number of rotatable bonds is 6. The van der Waals surface area contributed by atoms with Crippen LogP contribution in [0.5, 0.6) is 0 Å². The lowest BCUT2D eigenvalue weighted by molar-refractivity contribution is -0.128. The monoisotopic (exact) mass is 575 g/mol. The lowest BCUT2D eigenvalue weighted by Gasteiger charge is -2.59. The molecule has 0 radical (unpaired) electrons. The molecule has 0 aliphatic heterocycles. The third-order valence-electron chi connectivity index (χ3n) is 10.9. The highest BCUT2D eigenvalue weighted by Crippen LogP contribution is 2.67. The second-order valence-electron chi connectivity index (χ2n) is 12.7. The first-order valence-electron chi connectivity index (χ1n) is 14.0. The van der Waals surface area contributed by atoms with Gasteiger partial charge in [0.1, 0.15) is 0 Å². The summed E-state index contributed by atoms with van der Waals surface area (Å²) in [7, 11) is 0. The molecule has 2 N–H and O–H groups in total. The Morgan fingerprint density at radius 3 is 2.69 bits per heavy atom. The molecule has 4 aliphatic rings. The smallest absolute Gasteiger partial charge is 0.220 e. The maximum absolute atomic E-state index is 13.1. The summed E-state index contributed by atoms with van der Waals surface area (Å²) in [5, 5.41) is 14.7. The maximum atomic E-state index is 13.1. The molecule has 4 aliphatic carbocycles. The molecule has 1 aromatic rings. The van der Waals surface area contributed by atoms with Crippen LogP contribution < -0.4 is 5.32 Å². The fourth-order valence-electron chi connectivity index (χ4n) is 9.08. The number of thiophene rings is 1. The zero-order valence-corrected chi connectivity index (χ0v) is 24.6. The maximum Gasteiger partial charge on any atom is 0.220 e. The molecule has 0 bridgehead atoms. The van der Waals surface area contributed by atoms with Gasteiger partial charge < -0.3 is 10.4 Å². The van der Waals surface area contributed by atoms with Crippen LogP contribution in [0.15, 0.2) is 27.6 Å². The molecule has 0 saturated heterocycles. The van der Waals surface area contributed by atoms with E-state index in [2.05, 4.69) is 61.1 Å². The lowest BCUT2D eigenvalue weighted by Crippen LogP contribution is -2.55. The minimum atomic E-state index is -0.349. The fourth-order valence-corrected chi connectivity index (χ4v) is 10.6. The standard InChI is InChI=1S/C30H42BrNO3S/c1-5-23(25-8-9-26(31)36-25)32-27(35)14-17(2)20-6-7-21-28-22(11-13-30(20,21)4)29(3)12-10-19(33)15-18(29)16-24(28)34/h8-9,15,17,20-24,28,34H,5-7,10-14,16H2,1-4H3,(H,32,35)/t17-,20?,21+,22+,23-,24-,28+,29+,30-/m1/s1. The zero-order chi connectivity index (χ0) is 25.8. The molecular formula is C30H42BrNO3S. The van der Waals surface area contributed by atoms with Gasteiger partial charge in [0, 0.05) is 17.7 Å². The second-order valence-corrected chi connectivity index (χ2v) is 15.2. The Balaban J connectivity index is 1.29. The van der Waals surface area contributed by atoms with Gasteiger partial charge in [-0.2, -0.15) is 0 Å². The van der Waals surface area contributed by atoms with Gasteiger partial charge in [0.05, 0.1) is 15.9 Å². The van der Waals surface area contributed by atoms with Gasteiger partial charge in [0.25, 0.3) is 0 Å². The number of aliphatic hydroxyl groups is 1. The summed E-state index contributed by atoms with van der Waals surface area (Å²) < 4.78 is 1.10. The van der Waals surface area contributed by atoms with E-state index in [-0.39, 0.29) is 34.7 Å². The van der Waals surface area contributed by atoms with E-state index >= 15 is 0 Å². The van der Waals surface area contributed by atoms with E-state index in [4.69, 9.17) is 0 Å². The number of halogens is 1. The van der Waals surface area contributed by atoms with Crippen LogP contribution in [0.3, 0.4) is 0 Å². The van der Waals surface area contributed by atoms with Crippen molar-refractivity contribution in [2.75, 3.05) is 0 Å². The number of carbonyl (C=O) groups is 2. The van der Waals surface area contributed by atoms with Gasteiger partial charge in [-0.05, 0) is 120 Å². The highest BCUT2D eigenvalue weighted by Gasteiger charge is 2.61. The fraction of sp³-hybridized carbons (Fsp3) is 0.733. The van der Waals surface area contributed by atoms with Crippen LogP contribution in [0.1, 0.15) is 96.4 Å². The van der Waals surface area contributed by atoms with Crippen molar-refractivity contribution in [2.45, 2.75) is 97.6 Å². The van der Waals surface area contributed by atoms with Crippen molar-refractivity contribution in [1.82, 2.24) is 5.32 Å². The Kier molecular flexibility index (Phi) is 7.37. The van der Waals surface area contributed by atoms with Crippen LogP contribution in [-0.4, -0.2) is 22.9 Å². The van der Waals surface area contributed by atoms with Gasteiger partial charge in [-0.3, -0.25) is 9.59 Å². The van der Waals surface area contributed by atoms with E-state index in [0.717, 1.165) is 35.9 Å². The van der Waals surface area contributed by atoms with Crippen molar-refractivity contribution >= 4 is 39.0 Å². The van der Waals surface area contributed by atoms with Crippen LogP contribution in [0.25, 0.3) is 0 Å². The molecule has 1 amide bonds. The molecule has 4 nitrogen and oxygen atoms in total. The molecule has 36 heavy (non-hydrogen) atoms. The molecule has 0 aromatic carbocycles. The number of ketones is 1. The van der Waals surface area contributed by atoms with E-state index in [1.54, 1.807) is 11.3 Å². The van der Waals surface area contributed by atoms with Gasteiger partial charge in [0.2, 0.25) is 5.91 Å². The minimum absolute atomic E-state index is 0.0642. The van der Waals surface area contributed by atoms with E-state index in [1.807, 2.05) is 6.08 Å². The van der Waals surface area contributed by atoms with E-state index in [0.29, 0.717) is 48.9 Å². The Bertz CT molecular complexity index is 1050. The molecule has 1 aromatic heterocycles. The third-order valence-corrected chi connectivity index (χ3v) is 12.7. The molecule has 6 heteroatoms. The van der Waals surface area contributed by atoms with Gasteiger partial charge in [-0.15, -0.1) is 11.3 Å². The number of hydrogen-bond donors (Lipinski definition) is 2. The minimum Gasteiger partial charge on any atom is -0.392 e. The number of fused-ring (bicyclic) bond motifs is 5. The average Bonchev–Trinajstić information content (AvgIpc) is 3.41. The van der Waals surface area contributed by atoms with Crippen molar-refractivity contribution in [3.8, 4) is 0 Å². The summed E-state index contributed by atoms with van der Waals surface area (Å²) in [5.41, 5.74) is 1.44. The Morgan fingerprint density at radius 1 is 1.22 bits per heavy atom. The highest BCUT2D eigenvalue weighted by molar-refractivity contribution is 9.11. The molecule has 5 rings (SSSR count). The van der Waals surface area contributed by atoms with Crippen molar-refractivity contribution in [1.29, 1.82) is 0 Å². The normalized spacial score (nSPS) is 39.4. The average molecular weight is 577 g/mol. The lowest BCUT2D eigenvalue weighted by atomic mass is 9.45. The topological polar surface area (TPSA) is 66.4 Å². The number of hydrogen-bond acceptors (Lipinski definition) is 4. The van der Waals surface area contributed by atoms with Crippen molar-refractivity contribution < 1.29 is 14.7 Å². The summed E-state index contributed by atoms with van der Waals surface area (Å²) in [4.78, 5) is 26.5. The van der Waals surface area contributed by atoms with Gasteiger partial charge in [-0.25, -0.2) is 0 Å². The number of carbonyl (C=O) groups excluding carboxylic acids is 2. The first kappa shape index (κ1) is 26.6. The molecular weight excluding hydrogens is 534 g/mol. The second kappa shape index (κ2) is 9.96. The van der Waals surface area contributed by atoms with E-state index in [9.17, 15) is 14.7 Å². The molecule has 0 spiro atoms. The summed E-state index contributed by atoms with van der Waals surface area (Å²) in [6.45, 7) is 9.23. The third kappa shape index (κ3) is 4.47. The van der Waals surface area contributed by atoms with Gasteiger partial charge in [0.15, 0.2) is 5.78 Å². The number of aliphatic hydroxyl groups excluding tert-OH is 1. The largest absolute Gasteiger partial charge is 0.392 e. The SMILES string of the molecule is CC[C@@H](NC(=O)C[C@@H](C)C1CC[C@H]2[C@@H]3[C@H](O)CC4=CC(=O)CC[C@]4(C)[C@H]3CC[C@]12C)c1ccc(Br)s1. The molecule has 198 valence electrons. The molecule has 9 atom stereocenters. The van der Waals surface area contributed by atoms with Crippen LogP contribution in [0.2, 0.25) is 0 Å². The molecule has 1 unspecified atom stereocenters. The van der Waals surface area contributed by atoms with Crippen LogP contribution in [0.4, 0.5) is 0 Å². The highest BCUT2D eigenvalue weighted by atomic mass is 79.9. The number of nitrogens with one attached hydrogen (secondary N) is 1. The Labute approximate surface area is 228 Å². The van der Waals surface area contributed by atoms with Crippen LogP contribution in [-0.2, 0) is 9.59 Å². The predicted molar refractivity (Wildman–Crippen MR) is 149 cm³/mol. The summed E-state index contributed by atoms with van der Waals surface area (Å²) in [6, 6.07) is 4.23. The molecule has 1 heterocycles. The Morgan fingerprint density at radius 2 is 2.00 bits per heavy atom.